The van der Waals surface area contributed by atoms with Gasteiger partial charge in [0.25, 0.3) is 0 Å². The quantitative estimate of drug-likeness (QED) is 0.441. The van der Waals surface area contributed by atoms with Crippen molar-refractivity contribution < 1.29 is 0 Å². The molecular weight excluding hydrogens is 96.1 g/mol. The average Bonchev–Trinajstić information content (AvgIpc) is 2.46. The Kier molecular flexibility index (Phi) is 0.587. The predicted molar refractivity (Wildman–Crippen MR) is 34.5 cm³/mol. The Morgan fingerprint density at radius 2 is 2.25 bits per heavy atom. The molecule has 40 valence electrons. The summed E-state index contributed by atoms with van der Waals surface area (Å²) in [5.74, 6) is 0.736. The van der Waals surface area contributed by atoms with Gasteiger partial charge in [-0.25, -0.2) is 0 Å². The first-order valence-corrected chi connectivity index (χ1v) is 2.95. The zero-order chi connectivity index (χ0) is 5.56. The van der Waals surface area contributed by atoms with Gasteiger partial charge in [0.15, 0.2) is 0 Å². The molecule has 0 aromatic rings. The van der Waals surface area contributed by atoms with Gasteiger partial charge in [0.05, 0.1) is 0 Å². The highest BCUT2D eigenvalue weighted by Gasteiger charge is 2.28. The number of hydrogen-bond donors (Lipinski definition) is 0. The van der Waals surface area contributed by atoms with Gasteiger partial charge in [-0.15, -0.1) is 0 Å². The first kappa shape index (κ1) is 4.13. The highest BCUT2D eigenvalue weighted by Crippen LogP contribution is 2.42. The fraction of sp³-hybridized carbons (Fsp3) is 0.250. The van der Waals surface area contributed by atoms with Crippen LogP contribution in [0.25, 0.3) is 0 Å². The third kappa shape index (κ3) is 0.353. The van der Waals surface area contributed by atoms with E-state index in [4.69, 9.17) is 0 Å². The summed E-state index contributed by atoms with van der Waals surface area (Å²) in [4.78, 5) is 0. The van der Waals surface area contributed by atoms with Crippen LogP contribution in [0.3, 0.4) is 0 Å². The SMILES string of the molecule is CC1=C2C=CC=CC12. The standard InChI is InChI=1S/C8H8/c1-6-7-4-2-3-5-8(6)7/h2-5,7H,1H3. The van der Waals surface area contributed by atoms with Crippen LogP contribution in [0.15, 0.2) is 35.5 Å². The molecule has 0 fully saturated rings. The van der Waals surface area contributed by atoms with Crippen molar-refractivity contribution in [1.29, 1.82) is 0 Å². The first-order chi connectivity index (χ1) is 3.89. The molecule has 8 heavy (non-hydrogen) atoms. The lowest BCUT2D eigenvalue weighted by Gasteiger charge is -1.89. The van der Waals surface area contributed by atoms with E-state index in [0.29, 0.717) is 0 Å². The zero-order valence-electron chi connectivity index (χ0n) is 4.89. The Labute approximate surface area is 49.2 Å². The maximum Gasteiger partial charge on any atom is 0.0234 e. The van der Waals surface area contributed by atoms with Gasteiger partial charge >= 0.3 is 0 Å². The molecule has 1 unspecified atom stereocenters. The van der Waals surface area contributed by atoms with Gasteiger partial charge in [-0.1, -0.05) is 29.9 Å². The van der Waals surface area contributed by atoms with Crippen LogP contribution in [0, 0.1) is 5.92 Å². The van der Waals surface area contributed by atoms with E-state index in [1.165, 1.54) is 5.57 Å². The van der Waals surface area contributed by atoms with Gasteiger partial charge in [0, 0.05) is 5.92 Å². The molecule has 2 rings (SSSR count). The first-order valence-electron chi connectivity index (χ1n) is 2.95. The monoisotopic (exact) mass is 104 g/mol. The van der Waals surface area contributed by atoms with Gasteiger partial charge in [-0.05, 0) is 12.5 Å². The van der Waals surface area contributed by atoms with E-state index < -0.39 is 0 Å². The van der Waals surface area contributed by atoms with Crippen molar-refractivity contribution in [3.8, 4) is 0 Å². The number of rotatable bonds is 0. The molecule has 0 aromatic heterocycles. The highest BCUT2D eigenvalue weighted by molar-refractivity contribution is 5.54. The van der Waals surface area contributed by atoms with Gasteiger partial charge in [-0.3, -0.25) is 0 Å². The summed E-state index contributed by atoms with van der Waals surface area (Å²) < 4.78 is 0. The Hall–Kier alpha value is -0.780. The van der Waals surface area contributed by atoms with E-state index in [2.05, 4.69) is 31.2 Å². The lowest BCUT2D eigenvalue weighted by atomic mass is 10.2. The summed E-state index contributed by atoms with van der Waals surface area (Å²) in [6.45, 7) is 2.19. The molecule has 0 bridgehead atoms. The molecule has 0 nitrogen and oxygen atoms in total. The second-order valence-electron chi connectivity index (χ2n) is 2.36. The molecule has 0 heteroatoms. The Morgan fingerprint density at radius 1 is 1.38 bits per heavy atom. The predicted octanol–water partition coefficient (Wildman–Crippen LogP) is 2.06. The van der Waals surface area contributed by atoms with Gasteiger partial charge in [-0.2, -0.15) is 0 Å². The minimum atomic E-state index is 0.736. The molecule has 0 heterocycles. The molecule has 2 aliphatic carbocycles. The van der Waals surface area contributed by atoms with E-state index in [1.807, 2.05) is 0 Å². The van der Waals surface area contributed by atoms with Crippen LogP contribution in [0.2, 0.25) is 0 Å². The minimum absolute atomic E-state index is 0.736. The smallest absolute Gasteiger partial charge is 0.0234 e. The third-order valence-corrected chi connectivity index (χ3v) is 1.86. The largest absolute Gasteiger partial charge is 0.0730 e. The minimum Gasteiger partial charge on any atom is -0.0730 e. The van der Waals surface area contributed by atoms with Gasteiger partial charge < -0.3 is 0 Å². The Balaban J connectivity index is 2.37. The number of fused-ring (bicyclic) bond motifs is 1. The van der Waals surface area contributed by atoms with E-state index in [0.717, 1.165) is 5.92 Å². The van der Waals surface area contributed by atoms with Gasteiger partial charge in [0.1, 0.15) is 0 Å². The summed E-state index contributed by atoms with van der Waals surface area (Å²) in [6, 6.07) is 0. The van der Waals surface area contributed by atoms with Crippen LogP contribution in [0.4, 0.5) is 0 Å². The summed E-state index contributed by atoms with van der Waals surface area (Å²) in [5.41, 5.74) is 3.09. The zero-order valence-corrected chi connectivity index (χ0v) is 4.89. The van der Waals surface area contributed by atoms with Crippen LogP contribution in [0.1, 0.15) is 6.92 Å². The average molecular weight is 104 g/mol. The van der Waals surface area contributed by atoms with Gasteiger partial charge in [0.2, 0.25) is 0 Å². The molecule has 2 aliphatic rings. The highest BCUT2D eigenvalue weighted by atomic mass is 14.3. The van der Waals surface area contributed by atoms with E-state index in [-0.39, 0.29) is 0 Å². The topological polar surface area (TPSA) is 0 Å². The van der Waals surface area contributed by atoms with Crippen molar-refractivity contribution in [3.63, 3.8) is 0 Å². The summed E-state index contributed by atoms with van der Waals surface area (Å²) in [6.07, 6.45) is 8.65. The van der Waals surface area contributed by atoms with Crippen molar-refractivity contribution in [2.24, 2.45) is 5.92 Å². The van der Waals surface area contributed by atoms with Crippen LogP contribution in [0.5, 0.6) is 0 Å². The molecule has 0 saturated carbocycles. The fourth-order valence-corrected chi connectivity index (χ4v) is 1.19. The second kappa shape index (κ2) is 1.13. The number of allylic oxidation sites excluding steroid dienone is 6. The maximum atomic E-state index is 2.24. The molecular formula is C8H8. The van der Waals surface area contributed by atoms with Crippen molar-refractivity contribution in [3.05, 3.63) is 35.5 Å². The third-order valence-electron chi connectivity index (χ3n) is 1.86. The van der Waals surface area contributed by atoms with Crippen molar-refractivity contribution >= 4 is 0 Å². The fourth-order valence-electron chi connectivity index (χ4n) is 1.19. The maximum absolute atomic E-state index is 2.24. The molecule has 0 aromatic carbocycles. The normalized spacial score (nSPS) is 30.9. The molecule has 0 amide bonds. The Bertz CT molecular complexity index is 204. The van der Waals surface area contributed by atoms with Crippen LogP contribution in [-0.2, 0) is 0 Å². The molecule has 0 aliphatic heterocycles. The van der Waals surface area contributed by atoms with Crippen molar-refractivity contribution in [2.45, 2.75) is 6.92 Å². The summed E-state index contributed by atoms with van der Waals surface area (Å²) in [7, 11) is 0. The molecule has 0 saturated heterocycles. The van der Waals surface area contributed by atoms with E-state index in [1.54, 1.807) is 5.57 Å². The van der Waals surface area contributed by atoms with Crippen molar-refractivity contribution in [2.75, 3.05) is 0 Å². The molecule has 0 spiro atoms. The second-order valence-corrected chi connectivity index (χ2v) is 2.36. The van der Waals surface area contributed by atoms with E-state index >= 15 is 0 Å². The van der Waals surface area contributed by atoms with E-state index in [9.17, 15) is 0 Å². The lowest BCUT2D eigenvalue weighted by Crippen LogP contribution is -1.75. The van der Waals surface area contributed by atoms with Crippen LogP contribution < -0.4 is 0 Å². The van der Waals surface area contributed by atoms with Crippen LogP contribution >= 0.6 is 0 Å². The summed E-state index contributed by atoms with van der Waals surface area (Å²) in [5, 5.41) is 0. The Morgan fingerprint density at radius 3 is 2.75 bits per heavy atom. The molecule has 1 atom stereocenters. The van der Waals surface area contributed by atoms with Crippen LogP contribution in [-0.4, -0.2) is 0 Å². The number of hydrogen-bond acceptors (Lipinski definition) is 0. The molecule has 0 radical (unpaired) electrons. The lowest BCUT2D eigenvalue weighted by molar-refractivity contribution is 1.13. The molecule has 0 N–H and O–H groups in total. The van der Waals surface area contributed by atoms with Crippen molar-refractivity contribution in [1.82, 2.24) is 0 Å². The summed E-state index contributed by atoms with van der Waals surface area (Å²) >= 11 is 0.